The van der Waals surface area contributed by atoms with Gasteiger partial charge in [-0.15, -0.1) is 11.3 Å². The van der Waals surface area contributed by atoms with Crippen LogP contribution in [0.25, 0.3) is 0 Å². The summed E-state index contributed by atoms with van der Waals surface area (Å²) >= 11 is 1.63. The topological polar surface area (TPSA) is 89.5 Å². The van der Waals surface area contributed by atoms with Crippen LogP contribution in [0.3, 0.4) is 0 Å². The molecule has 0 aliphatic heterocycles. The Labute approximate surface area is 126 Å². The van der Waals surface area contributed by atoms with Crippen LogP contribution in [0.5, 0.6) is 0 Å². The number of carbonyl (C=O) groups excluding carboxylic acids is 1. The number of carbonyl (C=O) groups is 1. The molecule has 21 heavy (non-hydrogen) atoms. The first-order valence-electron chi connectivity index (χ1n) is 6.31. The molecule has 2 N–H and O–H groups in total. The highest BCUT2D eigenvalue weighted by molar-refractivity contribution is 7.09. The average Bonchev–Trinajstić information content (AvgIpc) is 2.97. The molecule has 0 aliphatic carbocycles. The van der Waals surface area contributed by atoms with Crippen molar-refractivity contribution in [3.05, 3.63) is 56.3 Å². The molecule has 0 bridgehead atoms. The van der Waals surface area contributed by atoms with Crippen molar-refractivity contribution in [3.8, 4) is 0 Å². The van der Waals surface area contributed by atoms with Gasteiger partial charge >= 0.3 is 0 Å². The van der Waals surface area contributed by atoms with Gasteiger partial charge in [0.05, 0.1) is 10.5 Å². The number of hydrogen-bond acceptors (Lipinski definition) is 5. The van der Waals surface area contributed by atoms with E-state index in [2.05, 4.69) is 0 Å². The quantitative estimate of drug-likeness (QED) is 0.522. The maximum Gasteiger partial charge on any atom is 0.270 e. The summed E-state index contributed by atoms with van der Waals surface area (Å²) < 4.78 is 0. The third-order valence-electron chi connectivity index (χ3n) is 3.10. The van der Waals surface area contributed by atoms with Gasteiger partial charge in [-0.05, 0) is 23.9 Å². The van der Waals surface area contributed by atoms with E-state index in [0.29, 0.717) is 6.54 Å². The number of nitrogen functional groups attached to an aromatic ring is 1. The van der Waals surface area contributed by atoms with Gasteiger partial charge in [0.2, 0.25) is 0 Å². The molecule has 110 valence electrons. The second kappa shape index (κ2) is 6.36. The SMILES string of the molecule is CN(CCc1cccs1)C(=O)c1cc([N+](=O)[O-])ccc1N. The molecular formula is C14H15N3O3S. The van der Waals surface area contributed by atoms with E-state index in [-0.39, 0.29) is 22.8 Å². The van der Waals surface area contributed by atoms with E-state index in [1.165, 1.54) is 28.0 Å². The summed E-state index contributed by atoms with van der Waals surface area (Å²) in [5, 5.41) is 12.8. The zero-order chi connectivity index (χ0) is 15.4. The van der Waals surface area contributed by atoms with Crippen LogP contribution < -0.4 is 5.73 Å². The van der Waals surface area contributed by atoms with Gasteiger partial charge in [-0.3, -0.25) is 14.9 Å². The lowest BCUT2D eigenvalue weighted by Gasteiger charge is -2.17. The molecule has 2 aromatic rings. The fraction of sp³-hybridized carbons (Fsp3) is 0.214. The van der Waals surface area contributed by atoms with Crippen LogP contribution in [0.15, 0.2) is 35.7 Å². The van der Waals surface area contributed by atoms with Crippen molar-refractivity contribution in [1.82, 2.24) is 4.90 Å². The third-order valence-corrected chi connectivity index (χ3v) is 4.03. The molecule has 1 heterocycles. The highest BCUT2D eigenvalue weighted by atomic mass is 32.1. The van der Waals surface area contributed by atoms with Crippen molar-refractivity contribution in [2.24, 2.45) is 0 Å². The van der Waals surface area contributed by atoms with Gasteiger partial charge in [-0.1, -0.05) is 6.07 Å². The number of nitrogens with two attached hydrogens (primary N) is 1. The number of likely N-dealkylation sites (N-methyl/N-ethyl adjacent to an activating group) is 1. The number of nitrogens with zero attached hydrogens (tertiary/aromatic N) is 2. The summed E-state index contributed by atoms with van der Waals surface area (Å²) in [6.45, 7) is 0.529. The Hall–Kier alpha value is -2.41. The van der Waals surface area contributed by atoms with Crippen LogP contribution in [0, 0.1) is 10.1 Å². The van der Waals surface area contributed by atoms with Crippen molar-refractivity contribution >= 4 is 28.6 Å². The number of nitro groups is 1. The van der Waals surface area contributed by atoms with Gasteiger partial charge in [-0.2, -0.15) is 0 Å². The standard InChI is InChI=1S/C14H15N3O3S/c1-16(7-6-11-3-2-8-21-11)14(18)12-9-10(17(19)20)4-5-13(12)15/h2-5,8-9H,6-7,15H2,1H3. The van der Waals surface area contributed by atoms with E-state index in [4.69, 9.17) is 5.73 Å². The predicted octanol–water partition coefficient (Wildman–Crippen LogP) is 2.55. The zero-order valence-corrected chi connectivity index (χ0v) is 12.3. The third kappa shape index (κ3) is 3.57. The summed E-state index contributed by atoms with van der Waals surface area (Å²) in [6.07, 6.45) is 0.745. The Morgan fingerprint density at radius 1 is 1.43 bits per heavy atom. The van der Waals surface area contributed by atoms with Gasteiger partial charge in [-0.25, -0.2) is 0 Å². The number of benzene rings is 1. The molecule has 6 nitrogen and oxygen atoms in total. The van der Waals surface area contributed by atoms with E-state index >= 15 is 0 Å². The molecule has 7 heteroatoms. The fourth-order valence-electron chi connectivity index (χ4n) is 1.88. The van der Waals surface area contributed by atoms with Crippen LogP contribution in [-0.2, 0) is 6.42 Å². The number of nitro benzene ring substituents is 1. The molecule has 0 radical (unpaired) electrons. The maximum atomic E-state index is 12.3. The number of amides is 1. The number of anilines is 1. The lowest BCUT2D eigenvalue weighted by Crippen LogP contribution is -2.29. The molecule has 0 aliphatic rings. The van der Waals surface area contributed by atoms with Crippen LogP contribution in [-0.4, -0.2) is 29.3 Å². The highest BCUT2D eigenvalue weighted by Crippen LogP contribution is 2.21. The van der Waals surface area contributed by atoms with Crippen molar-refractivity contribution in [2.75, 3.05) is 19.3 Å². The Morgan fingerprint density at radius 3 is 2.81 bits per heavy atom. The van der Waals surface area contributed by atoms with Crippen LogP contribution in [0.2, 0.25) is 0 Å². The monoisotopic (exact) mass is 305 g/mol. The number of rotatable bonds is 5. The second-order valence-corrected chi connectivity index (χ2v) is 5.62. The first kappa shape index (κ1) is 15.0. The van der Waals surface area contributed by atoms with Crippen LogP contribution >= 0.6 is 11.3 Å². The van der Waals surface area contributed by atoms with Crippen molar-refractivity contribution in [3.63, 3.8) is 0 Å². The summed E-state index contributed by atoms with van der Waals surface area (Å²) in [6, 6.07) is 7.86. The maximum absolute atomic E-state index is 12.3. The minimum atomic E-state index is -0.540. The fourth-order valence-corrected chi connectivity index (χ4v) is 2.58. The molecule has 1 aromatic heterocycles. The largest absolute Gasteiger partial charge is 0.398 e. The molecule has 0 saturated carbocycles. The lowest BCUT2D eigenvalue weighted by atomic mass is 10.1. The van der Waals surface area contributed by atoms with Crippen molar-refractivity contribution in [1.29, 1.82) is 0 Å². The first-order valence-corrected chi connectivity index (χ1v) is 7.19. The molecular weight excluding hydrogens is 290 g/mol. The summed E-state index contributed by atoms with van der Waals surface area (Å²) in [7, 11) is 1.66. The highest BCUT2D eigenvalue weighted by Gasteiger charge is 2.18. The van der Waals surface area contributed by atoms with Crippen molar-refractivity contribution < 1.29 is 9.72 Å². The predicted molar refractivity (Wildman–Crippen MR) is 82.5 cm³/mol. The van der Waals surface area contributed by atoms with Gasteiger partial charge in [0, 0.05) is 36.3 Å². The van der Waals surface area contributed by atoms with Crippen LogP contribution in [0.1, 0.15) is 15.2 Å². The molecule has 1 amide bonds. The Balaban J connectivity index is 2.11. The van der Waals surface area contributed by atoms with Crippen molar-refractivity contribution in [2.45, 2.75) is 6.42 Å². The molecule has 0 spiro atoms. The van der Waals surface area contributed by atoms with Gasteiger partial charge in [0.15, 0.2) is 0 Å². The zero-order valence-electron chi connectivity index (χ0n) is 11.5. The smallest absolute Gasteiger partial charge is 0.270 e. The second-order valence-electron chi connectivity index (χ2n) is 4.58. The molecule has 0 fully saturated rings. The molecule has 2 rings (SSSR count). The average molecular weight is 305 g/mol. The first-order chi connectivity index (χ1) is 9.99. The van der Waals surface area contributed by atoms with Crippen LogP contribution in [0.4, 0.5) is 11.4 Å². The lowest BCUT2D eigenvalue weighted by molar-refractivity contribution is -0.384. The minimum absolute atomic E-state index is 0.140. The summed E-state index contributed by atoms with van der Waals surface area (Å²) in [4.78, 5) is 25.3. The Kier molecular flexibility index (Phi) is 4.54. The number of hydrogen-bond donors (Lipinski definition) is 1. The minimum Gasteiger partial charge on any atom is -0.398 e. The molecule has 0 saturated heterocycles. The van der Waals surface area contributed by atoms with E-state index < -0.39 is 4.92 Å². The Morgan fingerprint density at radius 2 is 2.19 bits per heavy atom. The summed E-state index contributed by atoms with van der Waals surface area (Å²) in [5.74, 6) is -0.312. The number of thiophene rings is 1. The van der Waals surface area contributed by atoms with Gasteiger partial charge in [0.25, 0.3) is 11.6 Å². The molecule has 0 unspecified atom stereocenters. The van der Waals surface area contributed by atoms with E-state index in [0.717, 1.165) is 6.42 Å². The number of non-ortho nitro benzene ring substituents is 1. The molecule has 1 aromatic carbocycles. The molecule has 0 atom stereocenters. The van der Waals surface area contributed by atoms with Gasteiger partial charge in [0.1, 0.15) is 0 Å². The summed E-state index contributed by atoms with van der Waals surface area (Å²) in [5.41, 5.74) is 6.02. The van der Waals surface area contributed by atoms with Gasteiger partial charge < -0.3 is 10.6 Å². The van der Waals surface area contributed by atoms with E-state index in [9.17, 15) is 14.9 Å². The normalized spacial score (nSPS) is 10.3. The van der Waals surface area contributed by atoms with E-state index in [1.807, 2.05) is 17.5 Å². The van der Waals surface area contributed by atoms with E-state index in [1.54, 1.807) is 18.4 Å². The Bertz CT molecular complexity index is 655.